The summed E-state index contributed by atoms with van der Waals surface area (Å²) in [5, 5.41) is 0. The van der Waals surface area contributed by atoms with Gasteiger partial charge >= 0.3 is 5.97 Å². The number of hydrogen-bond donors (Lipinski definition) is 0. The number of methoxy groups -OCH3 is 1. The Bertz CT molecular complexity index is 928. The molecule has 2 rings (SSSR count). The average molecular weight is 453 g/mol. The van der Waals surface area contributed by atoms with Gasteiger partial charge in [0.05, 0.1) is 19.5 Å². The summed E-state index contributed by atoms with van der Waals surface area (Å²) in [4.78, 5) is 11.2. The van der Waals surface area contributed by atoms with Gasteiger partial charge in [0.25, 0.3) is 10.1 Å². The fourth-order valence-corrected chi connectivity index (χ4v) is 3.16. The molecule has 1 atom stereocenters. The van der Waals surface area contributed by atoms with Gasteiger partial charge in [-0.05, 0) is 29.7 Å². The lowest BCUT2D eigenvalue weighted by atomic mass is 10.0. The quantitative estimate of drug-likeness (QED) is 0.260. The van der Waals surface area contributed by atoms with Gasteiger partial charge in [0.1, 0.15) is 6.61 Å². The molecule has 2 aromatic carbocycles. The topological polar surface area (TPSA) is 97.4 Å². The summed E-state index contributed by atoms with van der Waals surface area (Å²) in [5.41, 5.74) is 1.85. The van der Waals surface area contributed by atoms with Crippen LogP contribution in [-0.2, 0) is 41.6 Å². The van der Waals surface area contributed by atoms with Crippen molar-refractivity contribution in [3.8, 4) is 11.5 Å². The maximum absolute atomic E-state index is 11.4. The predicted octanol–water partition coefficient (Wildman–Crippen LogP) is 2.95. The highest BCUT2D eigenvalue weighted by atomic mass is 32.2. The van der Waals surface area contributed by atoms with Crippen molar-refractivity contribution >= 4 is 16.1 Å². The van der Waals surface area contributed by atoms with Crippen molar-refractivity contribution in [2.45, 2.75) is 20.0 Å². The van der Waals surface area contributed by atoms with E-state index in [0.717, 1.165) is 17.4 Å². The molecule has 0 radical (unpaired) electrons. The SMILES string of the molecule is COCOc1ccc(C[C@@H](COC(C)=O)COS(C)(=O)=O)cc1OCc1ccccc1. The van der Waals surface area contributed by atoms with Crippen LogP contribution in [0.5, 0.6) is 11.5 Å². The predicted molar refractivity (Wildman–Crippen MR) is 114 cm³/mol. The molecule has 9 heteroatoms. The normalized spacial score (nSPS) is 12.2. The Morgan fingerprint density at radius 1 is 0.968 bits per heavy atom. The van der Waals surface area contributed by atoms with Crippen LogP contribution in [0.4, 0.5) is 0 Å². The number of esters is 1. The number of carbonyl (C=O) groups excluding carboxylic acids is 1. The molecule has 8 nitrogen and oxygen atoms in total. The molecule has 0 fully saturated rings. The molecule has 31 heavy (non-hydrogen) atoms. The summed E-state index contributed by atoms with van der Waals surface area (Å²) in [7, 11) is -2.09. The lowest BCUT2D eigenvalue weighted by molar-refractivity contribution is -0.142. The molecule has 2 aromatic rings. The second-order valence-electron chi connectivity index (χ2n) is 6.97. The summed E-state index contributed by atoms with van der Waals surface area (Å²) < 4.78 is 49.2. The van der Waals surface area contributed by atoms with Gasteiger partial charge < -0.3 is 18.9 Å². The number of rotatable bonds is 13. The van der Waals surface area contributed by atoms with Crippen LogP contribution in [0.2, 0.25) is 0 Å². The highest BCUT2D eigenvalue weighted by Crippen LogP contribution is 2.30. The Labute approximate surface area is 183 Å². The largest absolute Gasteiger partial charge is 0.485 e. The molecule has 0 spiro atoms. The molecule has 0 unspecified atom stereocenters. The van der Waals surface area contributed by atoms with Crippen molar-refractivity contribution in [2.75, 3.05) is 33.4 Å². The molecule has 0 heterocycles. The van der Waals surface area contributed by atoms with Gasteiger partial charge in [-0.2, -0.15) is 8.42 Å². The Balaban J connectivity index is 2.16. The Kier molecular flexibility index (Phi) is 9.77. The van der Waals surface area contributed by atoms with Gasteiger partial charge in [-0.15, -0.1) is 0 Å². The third-order valence-electron chi connectivity index (χ3n) is 4.14. The minimum atomic E-state index is -3.61. The summed E-state index contributed by atoms with van der Waals surface area (Å²) >= 11 is 0. The first-order valence-corrected chi connectivity index (χ1v) is 11.5. The minimum Gasteiger partial charge on any atom is -0.485 e. The summed E-state index contributed by atoms with van der Waals surface area (Å²) in [5.74, 6) is 0.241. The van der Waals surface area contributed by atoms with E-state index in [0.29, 0.717) is 24.5 Å². The molecule has 0 saturated carbocycles. The Morgan fingerprint density at radius 2 is 1.71 bits per heavy atom. The molecule has 0 aliphatic rings. The lowest BCUT2D eigenvalue weighted by Gasteiger charge is -2.18. The van der Waals surface area contributed by atoms with Crippen molar-refractivity contribution < 1.29 is 36.3 Å². The highest BCUT2D eigenvalue weighted by molar-refractivity contribution is 7.85. The molecule has 0 bridgehead atoms. The number of ether oxygens (including phenoxy) is 4. The first-order chi connectivity index (χ1) is 14.8. The van der Waals surface area contributed by atoms with E-state index in [9.17, 15) is 13.2 Å². The molecular weight excluding hydrogens is 424 g/mol. The molecule has 0 aliphatic carbocycles. The molecule has 0 saturated heterocycles. The Hall–Kier alpha value is -2.62. The maximum Gasteiger partial charge on any atom is 0.302 e. The molecule has 0 aromatic heterocycles. The standard InChI is InChI=1S/C22H28O8S/c1-17(23)27-14-20(15-30-31(3,24)25)11-19-9-10-21(29-16-26-2)22(12-19)28-13-18-7-5-4-6-8-18/h4-10,12,20H,11,13-16H2,1-3H3/t20-/m0/s1. The molecule has 170 valence electrons. The number of carbonyl (C=O) groups is 1. The smallest absolute Gasteiger partial charge is 0.302 e. The monoisotopic (exact) mass is 452 g/mol. The van der Waals surface area contributed by atoms with E-state index < -0.39 is 16.1 Å². The Morgan fingerprint density at radius 3 is 2.35 bits per heavy atom. The second-order valence-corrected chi connectivity index (χ2v) is 8.61. The van der Waals surface area contributed by atoms with Gasteiger partial charge in [0.2, 0.25) is 0 Å². The zero-order valence-corrected chi connectivity index (χ0v) is 18.7. The van der Waals surface area contributed by atoms with E-state index in [-0.39, 0.29) is 25.9 Å². The van der Waals surface area contributed by atoms with Crippen LogP contribution in [-0.4, -0.2) is 47.8 Å². The summed E-state index contributed by atoms with van der Waals surface area (Å²) in [6.07, 6.45) is 1.39. The van der Waals surface area contributed by atoms with Crippen LogP contribution in [0.1, 0.15) is 18.1 Å². The minimum absolute atomic E-state index is 0.0347. The fraction of sp³-hybridized carbons (Fsp3) is 0.409. The fourth-order valence-electron chi connectivity index (χ4n) is 2.72. The third-order valence-corrected chi connectivity index (χ3v) is 4.71. The van der Waals surface area contributed by atoms with Crippen molar-refractivity contribution in [3.05, 3.63) is 59.7 Å². The van der Waals surface area contributed by atoms with E-state index in [1.165, 1.54) is 14.0 Å². The van der Waals surface area contributed by atoms with E-state index in [1.54, 1.807) is 6.07 Å². The van der Waals surface area contributed by atoms with E-state index in [2.05, 4.69) is 0 Å². The van der Waals surface area contributed by atoms with Gasteiger partial charge in [0, 0.05) is 20.0 Å². The molecular formula is C22H28O8S. The van der Waals surface area contributed by atoms with E-state index in [4.69, 9.17) is 23.1 Å². The van der Waals surface area contributed by atoms with Gasteiger partial charge in [-0.1, -0.05) is 36.4 Å². The highest BCUT2D eigenvalue weighted by Gasteiger charge is 2.17. The van der Waals surface area contributed by atoms with Gasteiger partial charge in [0.15, 0.2) is 18.3 Å². The van der Waals surface area contributed by atoms with Crippen LogP contribution in [0.3, 0.4) is 0 Å². The van der Waals surface area contributed by atoms with Gasteiger partial charge in [-0.3, -0.25) is 8.98 Å². The molecule has 0 aliphatic heterocycles. The zero-order valence-electron chi connectivity index (χ0n) is 17.9. The second kappa shape index (κ2) is 12.3. The van der Waals surface area contributed by atoms with Crippen molar-refractivity contribution in [2.24, 2.45) is 5.92 Å². The zero-order chi connectivity index (χ0) is 22.7. The van der Waals surface area contributed by atoms with E-state index >= 15 is 0 Å². The van der Waals surface area contributed by atoms with Crippen LogP contribution in [0.15, 0.2) is 48.5 Å². The average Bonchev–Trinajstić information content (AvgIpc) is 2.73. The number of hydrogen-bond acceptors (Lipinski definition) is 8. The number of benzene rings is 2. The van der Waals surface area contributed by atoms with Crippen molar-refractivity contribution in [3.63, 3.8) is 0 Å². The van der Waals surface area contributed by atoms with Crippen LogP contribution in [0.25, 0.3) is 0 Å². The van der Waals surface area contributed by atoms with Gasteiger partial charge in [-0.25, -0.2) is 0 Å². The van der Waals surface area contributed by atoms with E-state index in [1.807, 2.05) is 42.5 Å². The van der Waals surface area contributed by atoms with Crippen LogP contribution in [0, 0.1) is 5.92 Å². The lowest BCUT2D eigenvalue weighted by Crippen LogP contribution is -2.22. The third kappa shape index (κ3) is 9.82. The van der Waals surface area contributed by atoms with Crippen LogP contribution >= 0.6 is 0 Å². The van der Waals surface area contributed by atoms with Crippen molar-refractivity contribution in [1.29, 1.82) is 0 Å². The van der Waals surface area contributed by atoms with Crippen molar-refractivity contribution in [1.82, 2.24) is 0 Å². The summed E-state index contributed by atoms with van der Waals surface area (Å²) in [6, 6.07) is 15.1. The first-order valence-electron chi connectivity index (χ1n) is 9.66. The van der Waals surface area contributed by atoms with Crippen LogP contribution < -0.4 is 9.47 Å². The molecule has 0 amide bonds. The molecule has 0 N–H and O–H groups in total. The first kappa shape index (κ1) is 24.6. The summed E-state index contributed by atoms with van der Waals surface area (Å²) in [6.45, 7) is 1.65. The maximum atomic E-state index is 11.4.